The van der Waals surface area contributed by atoms with E-state index >= 15 is 0 Å². The zero-order valence-corrected chi connectivity index (χ0v) is 42.7. The van der Waals surface area contributed by atoms with Gasteiger partial charge in [-0.2, -0.15) is 26.3 Å². The fourth-order valence-corrected chi connectivity index (χ4v) is 10.1. The molecule has 1 atom stereocenters. The van der Waals surface area contributed by atoms with Crippen molar-refractivity contribution in [2.24, 2.45) is 0 Å². The number of carbonyl (C=O) groups is 5. The molecule has 2 saturated carbocycles. The van der Waals surface area contributed by atoms with Crippen LogP contribution >= 0.6 is 0 Å². The molecular formula is C54H68F6N4O8. The Bertz CT molecular complexity index is 2460. The first-order valence-electron chi connectivity index (χ1n) is 25.0. The van der Waals surface area contributed by atoms with Crippen molar-refractivity contribution in [3.05, 3.63) is 88.0 Å². The molecule has 2 aliphatic heterocycles. The molecule has 0 bridgehead atoms. The second kappa shape index (κ2) is 22.1. The predicted molar refractivity (Wildman–Crippen MR) is 259 cm³/mol. The topological polar surface area (TPSA) is 135 Å². The Kier molecular flexibility index (Phi) is 17.1. The third-order valence-electron chi connectivity index (χ3n) is 13.7. The van der Waals surface area contributed by atoms with Crippen LogP contribution in [0, 0.1) is 0 Å². The van der Waals surface area contributed by atoms with Crippen molar-refractivity contribution in [3.8, 4) is 11.5 Å². The van der Waals surface area contributed by atoms with Crippen molar-refractivity contribution in [2.75, 3.05) is 11.4 Å². The lowest BCUT2D eigenvalue weighted by Crippen LogP contribution is -2.56. The summed E-state index contributed by atoms with van der Waals surface area (Å²) in [7, 11) is 0. The predicted octanol–water partition coefficient (Wildman–Crippen LogP) is 11.9. The van der Waals surface area contributed by atoms with Gasteiger partial charge in [-0.05, 0) is 118 Å². The number of hydrogen-bond acceptors (Lipinski definition) is 8. The quantitative estimate of drug-likeness (QED) is 0.188. The zero-order valence-electron chi connectivity index (χ0n) is 42.7. The third kappa shape index (κ3) is 12.9. The van der Waals surface area contributed by atoms with Crippen molar-refractivity contribution < 1.29 is 64.5 Å². The van der Waals surface area contributed by atoms with Gasteiger partial charge in [-0.15, -0.1) is 0 Å². The lowest BCUT2D eigenvalue weighted by atomic mass is 9.89. The zero-order chi connectivity index (χ0) is 53.1. The lowest BCUT2D eigenvalue weighted by molar-refractivity contribution is -0.139. The van der Waals surface area contributed by atoms with Crippen LogP contribution in [0.5, 0.6) is 11.5 Å². The monoisotopic (exact) mass is 1010 g/mol. The highest BCUT2D eigenvalue weighted by molar-refractivity contribution is 6.05. The maximum atomic E-state index is 14.4. The van der Waals surface area contributed by atoms with Crippen molar-refractivity contribution >= 4 is 35.3 Å². The molecule has 0 saturated heterocycles. The van der Waals surface area contributed by atoms with Gasteiger partial charge in [0.2, 0.25) is 0 Å². The van der Waals surface area contributed by atoms with Gasteiger partial charge in [0.25, 0.3) is 17.7 Å². The van der Waals surface area contributed by atoms with Gasteiger partial charge < -0.3 is 34.2 Å². The molecule has 3 aromatic carbocycles. The van der Waals surface area contributed by atoms with Gasteiger partial charge >= 0.3 is 18.4 Å². The smallest absolute Gasteiger partial charge is 0.417 e. The summed E-state index contributed by atoms with van der Waals surface area (Å²) in [6.45, 7) is 14.9. The number of alkyl carbamates (subject to hydrolysis) is 1. The molecular weight excluding hydrogens is 947 g/mol. The largest absolute Gasteiger partial charge is 0.480 e. The molecule has 0 aromatic heterocycles. The Balaban J connectivity index is 0.000000254. The Morgan fingerprint density at radius 1 is 0.694 bits per heavy atom. The number of fused-ring (bicyclic) bond motifs is 2. The molecule has 0 radical (unpaired) electrons. The first kappa shape index (κ1) is 55.5. The van der Waals surface area contributed by atoms with E-state index in [2.05, 4.69) is 5.32 Å². The minimum Gasteiger partial charge on any atom is -0.480 e. The molecule has 3 aromatic rings. The van der Waals surface area contributed by atoms with Crippen molar-refractivity contribution in [3.63, 3.8) is 0 Å². The van der Waals surface area contributed by atoms with Gasteiger partial charge in [0.1, 0.15) is 18.1 Å². The van der Waals surface area contributed by atoms with Crippen LogP contribution in [-0.4, -0.2) is 87.4 Å². The minimum atomic E-state index is -4.84. The molecule has 72 heavy (non-hydrogen) atoms. The molecule has 18 heteroatoms. The number of ketones is 1. The number of ether oxygens (including phenoxy) is 3. The van der Waals surface area contributed by atoms with E-state index in [0.29, 0.717) is 5.56 Å². The highest BCUT2D eigenvalue weighted by Crippen LogP contribution is 2.45. The molecule has 0 spiro atoms. The van der Waals surface area contributed by atoms with Crippen molar-refractivity contribution in [1.29, 1.82) is 0 Å². The fraction of sp³-hybridized carbons (Fsp3) is 0.574. The van der Waals surface area contributed by atoms with E-state index in [1.807, 2.05) is 44.2 Å². The normalized spacial score (nSPS) is 18.4. The third-order valence-corrected chi connectivity index (χ3v) is 13.7. The number of alkyl halides is 6. The summed E-state index contributed by atoms with van der Waals surface area (Å²) in [5.41, 5.74) is -4.55. The second-order valence-corrected chi connectivity index (χ2v) is 20.9. The van der Waals surface area contributed by atoms with Gasteiger partial charge in [-0.1, -0.05) is 68.9 Å². The molecule has 2 heterocycles. The molecule has 1 N–H and O–H groups in total. The molecule has 0 unspecified atom stereocenters. The molecule has 2 fully saturated rings. The highest BCUT2D eigenvalue weighted by atomic mass is 19.4. The molecule has 394 valence electrons. The average Bonchev–Trinajstić information content (AvgIpc) is 3.30. The summed E-state index contributed by atoms with van der Waals surface area (Å²) >= 11 is 0. The number of amides is 4. The Hall–Kier alpha value is -5.81. The van der Waals surface area contributed by atoms with Gasteiger partial charge in [0, 0.05) is 48.7 Å². The van der Waals surface area contributed by atoms with Gasteiger partial charge in [-0.25, -0.2) is 4.79 Å². The van der Waals surface area contributed by atoms with E-state index in [1.165, 1.54) is 38.7 Å². The summed E-state index contributed by atoms with van der Waals surface area (Å²) in [6, 6.07) is 11.7. The van der Waals surface area contributed by atoms with E-state index in [1.54, 1.807) is 30.6 Å². The fourth-order valence-electron chi connectivity index (χ4n) is 10.1. The van der Waals surface area contributed by atoms with Crippen LogP contribution in [-0.2, 0) is 39.7 Å². The maximum Gasteiger partial charge on any atom is 0.417 e. The number of hydrogen-bond donors (Lipinski definition) is 1. The van der Waals surface area contributed by atoms with Crippen LogP contribution in [0.25, 0.3) is 0 Å². The summed E-state index contributed by atoms with van der Waals surface area (Å²) in [6.07, 6.45) is -1.41. The van der Waals surface area contributed by atoms with Crippen LogP contribution in [0.15, 0.2) is 54.6 Å². The Morgan fingerprint density at radius 3 is 1.65 bits per heavy atom. The molecule has 2 aliphatic carbocycles. The highest BCUT2D eigenvalue weighted by Gasteiger charge is 2.47. The first-order chi connectivity index (χ1) is 33.6. The minimum absolute atomic E-state index is 0.0206. The van der Waals surface area contributed by atoms with Gasteiger partial charge in [0.05, 0.1) is 27.9 Å². The second-order valence-electron chi connectivity index (χ2n) is 20.9. The van der Waals surface area contributed by atoms with Crippen molar-refractivity contribution in [2.45, 2.75) is 193 Å². The number of anilines is 1. The summed E-state index contributed by atoms with van der Waals surface area (Å²) in [5, 5.41) is 2.67. The number of carbonyl (C=O) groups excluding carboxylic acids is 5. The maximum absolute atomic E-state index is 14.4. The van der Waals surface area contributed by atoms with Crippen LogP contribution in [0.2, 0.25) is 0 Å². The molecule has 4 amide bonds. The van der Waals surface area contributed by atoms with E-state index in [4.69, 9.17) is 14.2 Å². The van der Waals surface area contributed by atoms with Crippen LogP contribution in [0.1, 0.15) is 169 Å². The number of halogens is 6. The molecule has 4 aliphatic rings. The summed E-state index contributed by atoms with van der Waals surface area (Å²) < 4.78 is 101. The van der Waals surface area contributed by atoms with E-state index in [-0.39, 0.29) is 66.7 Å². The Labute approximate surface area is 418 Å². The number of nitrogens with one attached hydrogen (secondary N) is 1. The summed E-state index contributed by atoms with van der Waals surface area (Å²) in [4.78, 5) is 70.0. The van der Waals surface area contributed by atoms with E-state index in [0.717, 1.165) is 88.0 Å². The van der Waals surface area contributed by atoms with Gasteiger partial charge in [0.15, 0.2) is 17.0 Å². The number of rotatable bonds is 11. The number of benzene rings is 3. The number of Topliss-reactive ketones (excluding diaryl/α,β-unsaturated/α-hetero) is 1. The van der Waals surface area contributed by atoms with Crippen molar-refractivity contribution in [1.82, 2.24) is 15.1 Å². The molecule has 12 nitrogen and oxygen atoms in total. The number of nitrogens with zero attached hydrogens (tertiary/aromatic N) is 3. The average molecular weight is 1020 g/mol. The van der Waals surface area contributed by atoms with E-state index < -0.39 is 75.7 Å². The van der Waals surface area contributed by atoms with Crippen LogP contribution in [0.4, 0.5) is 36.8 Å². The van der Waals surface area contributed by atoms with Crippen LogP contribution in [0.3, 0.4) is 0 Å². The lowest BCUT2D eigenvalue weighted by Gasteiger charge is -2.41. The van der Waals surface area contributed by atoms with Crippen LogP contribution < -0.4 is 19.7 Å². The SMILES string of the molecule is CC(C)N(C(=O)c1cc2c(cc1C(F)(F)F)OC(C)(C)C(=O)C2)C1CCCCC1.CC(C)N(C(=O)c1cc2c(cc1C(F)(F)F)OC(C)(C)C(=O)N2C[C@H](C)NC(=O)OCc1ccccc1)C1CCCCC1. The standard InChI is InChI=1S/C32H40F3N3O5.C22H28F3NO3/c1-20(2)38(23-14-10-7-11-15-23)28(39)24-16-26-27(17-25(24)32(33,34)35)43-31(4,5)29(40)37(26)18-21(3)36-30(41)42-19-22-12-8-6-9-13-22;1-13(2)26(15-8-6-5-7-9-15)20(28)16-10-14-11-19(27)21(3,4)29-18(14)12-17(16)22(23,24)25/h6,8-9,12-13,16-17,20-21,23H,7,10-11,14-15,18-19H2,1-5H3,(H,36,41);10,12-13,15H,5-9,11H2,1-4H3/t21-;/m0./s1. The first-order valence-corrected chi connectivity index (χ1v) is 25.0. The van der Waals surface area contributed by atoms with E-state index in [9.17, 15) is 50.3 Å². The Morgan fingerprint density at radius 2 is 1.17 bits per heavy atom. The summed E-state index contributed by atoms with van der Waals surface area (Å²) in [5.74, 6) is -2.24. The van der Waals surface area contributed by atoms with Gasteiger partial charge in [-0.3, -0.25) is 19.2 Å². The molecule has 7 rings (SSSR count).